The number of halogens is 3. The van der Waals surface area contributed by atoms with Gasteiger partial charge in [-0.3, -0.25) is 14.5 Å². The van der Waals surface area contributed by atoms with Gasteiger partial charge in [-0.05, 0) is 26.1 Å². The number of carbonyl (C=O) groups excluding carboxylic acids is 2. The van der Waals surface area contributed by atoms with Crippen molar-refractivity contribution < 1.29 is 22.8 Å². The lowest BCUT2D eigenvalue weighted by Crippen LogP contribution is -2.31. The number of hydrogen-bond acceptors (Lipinski definition) is 4. The van der Waals surface area contributed by atoms with Gasteiger partial charge in [0.1, 0.15) is 12.4 Å². The fraction of sp³-hybridized carbons (Fsp3) is 0.353. The largest absolute Gasteiger partial charge is 0.406 e. The molecule has 0 atom stereocenters. The number of benzene rings is 1. The molecule has 140 valence electrons. The first-order chi connectivity index (χ1) is 12.1. The average molecular weight is 368 g/mol. The minimum atomic E-state index is -4.34. The zero-order valence-corrected chi connectivity index (χ0v) is 14.4. The molecule has 0 aliphatic carbocycles. The molecule has 0 spiro atoms. The number of anilines is 1. The van der Waals surface area contributed by atoms with E-state index in [1.807, 2.05) is 0 Å². The number of nitrogens with zero attached hydrogens (tertiary/aromatic N) is 3. The summed E-state index contributed by atoms with van der Waals surface area (Å²) in [5.41, 5.74) is 0.958. The summed E-state index contributed by atoms with van der Waals surface area (Å²) in [6.45, 7) is 0.352. The van der Waals surface area contributed by atoms with Crippen molar-refractivity contribution in [1.29, 1.82) is 0 Å². The van der Waals surface area contributed by atoms with Crippen molar-refractivity contribution in [3.05, 3.63) is 48.0 Å². The summed E-state index contributed by atoms with van der Waals surface area (Å²) in [7, 11) is 1.61. The highest BCUT2D eigenvalue weighted by Gasteiger charge is 2.29. The van der Waals surface area contributed by atoms with E-state index < -0.39 is 12.7 Å². The number of carbonyl (C=O) groups is 2. The van der Waals surface area contributed by atoms with Crippen LogP contribution >= 0.6 is 0 Å². The molecule has 2 rings (SSSR count). The van der Waals surface area contributed by atoms with Gasteiger partial charge in [-0.15, -0.1) is 0 Å². The normalized spacial score (nSPS) is 11.6. The first kappa shape index (κ1) is 19.6. The van der Waals surface area contributed by atoms with E-state index in [0.29, 0.717) is 11.3 Å². The van der Waals surface area contributed by atoms with Crippen LogP contribution in [0.5, 0.6) is 0 Å². The van der Waals surface area contributed by atoms with Crippen LogP contribution in [0.4, 0.5) is 18.9 Å². The average Bonchev–Trinajstić information content (AvgIpc) is 2.92. The van der Waals surface area contributed by atoms with Crippen molar-refractivity contribution in [2.75, 3.05) is 18.9 Å². The predicted octanol–water partition coefficient (Wildman–Crippen LogP) is 2.72. The summed E-state index contributed by atoms with van der Waals surface area (Å²) in [4.78, 5) is 28.9. The Bertz CT molecular complexity index is 786. The maximum absolute atomic E-state index is 12.5. The van der Waals surface area contributed by atoms with Crippen LogP contribution in [-0.4, -0.2) is 45.9 Å². The van der Waals surface area contributed by atoms with E-state index in [4.69, 9.17) is 0 Å². The molecule has 0 unspecified atom stereocenters. The number of rotatable bonds is 7. The van der Waals surface area contributed by atoms with Crippen molar-refractivity contribution in [2.24, 2.45) is 0 Å². The van der Waals surface area contributed by atoms with Crippen LogP contribution in [0, 0.1) is 0 Å². The van der Waals surface area contributed by atoms with E-state index in [0.717, 1.165) is 4.57 Å². The maximum atomic E-state index is 12.5. The smallest absolute Gasteiger partial charge is 0.325 e. The highest BCUT2D eigenvalue weighted by Crippen LogP contribution is 2.18. The third-order valence-corrected chi connectivity index (χ3v) is 3.53. The summed E-state index contributed by atoms with van der Waals surface area (Å²) in [6.07, 6.45) is -1.79. The van der Waals surface area contributed by atoms with Crippen LogP contribution in [-0.2, 0) is 17.9 Å². The molecular formula is C17H19F3N4O2. The Balaban J connectivity index is 1.93. The number of amides is 1. The summed E-state index contributed by atoms with van der Waals surface area (Å²) in [6, 6.07) is 6.52. The van der Waals surface area contributed by atoms with Gasteiger partial charge >= 0.3 is 6.18 Å². The Labute approximate surface area is 148 Å². The quantitative estimate of drug-likeness (QED) is 0.763. The molecule has 2 aromatic rings. The molecule has 0 saturated carbocycles. The third kappa shape index (κ3) is 5.99. The van der Waals surface area contributed by atoms with Gasteiger partial charge in [0.25, 0.3) is 0 Å². The second-order valence-corrected chi connectivity index (χ2v) is 5.94. The van der Waals surface area contributed by atoms with E-state index in [1.165, 1.54) is 19.3 Å². The summed E-state index contributed by atoms with van der Waals surface area (Å²) < 4.78 is 38.6. The minimum absolute atomic E-state index is 0.0385. The van der Waals surface area contributed by atoms with Crippen LogP contribution in [0.3, 0.4) is 0 Å². The van der Waals surface area contributed by atoms with E-state index in [9.17, 15) is 22.8 Å². The molecule has 6 nitrogen and oxygen atoms in total. The van der Waals surface area contributed by atoms with Crippen LogP contribution in [0.25, 0.3) is 0 Å². The molecule has 0 fully saturated rings. The molecule has 1 N–H and O–H groups in total. The van der Waals surface area contributed by atoms with Gasteiger partial charge in [0, 0.05) is 23.6 Å². The van der Waals surface area contributed by atoms with Crippen molar-refractivity contribution in [3.8, 4) is 0 Å². The Kier molecular flexibility index (Phi) is 6.14. The number of likely N-dealkylation sites (N-methyl/N-ethyl adjacent to an activating group) is 1. The number of alkyl halides is 3. The second kappa shape index (κ2) is 8.13. The monoisotopic (exact) mass is 368 g/mol. The number of nitrogens with one attached hydrogen (secondary N) is 1. The molecule has 26 heavy (non-hydrogen) atoms. The predicted molar refractivity (Wildman–Crippen MR) is 89.7 cm³/mol. The zero-order valence-electron chi connectivity index (χ0n) is 14.4. The molecule has 9 heteroatoms. The highest BCUT2D eigenvalue weighted by molar-refractivity contribution is 5.97. The summed E-state index contributed by atoms with van der Waals surface area (Å²) in [5.74, 6) is -0.243. The molecule has 0 radical (unpaired) electrons. The van der Waals surface area contributed by atoms with Gasteiger partial charge in [-0.2, -0.15) is 13.2 Å². The Morgan fingerprint density at radius 1 is 1.31 bits per heavy atom. The molecule has 0 aliphatic heterocycles. The van der Waals surface area contributed by atoms with Crippen molar-refractivity contribution in [1.82, 2.24) is 14.5 Å². The number of aromatic nitrogens is 2. The number of hydrogen-bond donors (Lipinski definition) is 1. The van der Waals surface area contributed by atoms with Crippen molar-refractivity contribution in [3.63, 3.8) is 0 Å². The van der Waals surface area contributed by atoms with E-state index in [1.54, 1.807) is 36.2 Å². The van der Waals surface area contributed by atoms with E-state index in [2.05, 4.69) is 10.3 Å². The zero-order chi connectivity index (χ0) is 19.3. The fourth-order valence-corrected chi connectivity index (χ4v) is 2.39. The lowest BCUT2D eigenvalue weighted by atomic mass is 10.1. The van der Waals surface area contributed by atoms with E-state index >= 15 is 0 Å². The van der Waals surface area contributed by atoms with Gasteiger partial charge < -0.3 is 9.88 Å². The first-order valence-electron chi connectivity index (χ1n) is 7.80. The van der Waals surface area contributed by atoms with E-state index in [-0.39, 0.29) is 30.6 Å². The van der Waals surface area contributed by atoms with Crippen LogP contribution in [0.15, 0.2) is 36.7 Å². The summed E-state index contributed by atoms with van der Waals surface area (Å²) >= 11 is 0. The number of imidazole rings is 1. The highest BCUT2D eigenvalue weighted by atomic mass is 19.4. The minimum Gasteiger partial charge on any atom is -0.325 e. The van der Waals surface area contributed by atoms with Gasteiger partial charge in [0.05, 0.1) is 13.1 Å². The molecule has 1 amide bonds. The third-order valence-electron chi connectivity index (χ3n) is 3.53. The lowest BCUT2D eigenvalue weighted by Gasteiger charge is -2.17. The molecule has 1 heterocycles. The maximum Gasteiger partial charge on any atom is 0.406 e. The SMILES string of the molecule is CC(=O)c1cccc(NC(=O)CN(C)Cc2nccn2CC(F)(F)F)c1. The molecule has 0 saturated heterocycles. The second-order valence-electron chi connectivity index (χ2n) is 5.94. The molecule has 1 aromatic carbocycles. The van der Waals surface area contributed by atoms with Gasteiger partial charge in [-0.1, -0.05) is 12.1 Å². The van der Waals surface area contributed by atoms with Crippen molar-refractivity contribution >= 4 is 17.4 Å². The van der Waals surface area contributed by atoms with Gasteiger partial charge in [-0.25, -0.2) is 4.98 Å². The van der Waals surface area contributed by atoms with Crippen LogP contribution in [0.1, 0.15) is 23.1 Å². The Morgan fingerprint density at radius 2 is 2.04 bits per heavy atom. The standard InChI is InChI=1S/C17H19F3N4O2/c1-12(25)13-4-3-5-14(8-13)22-16(26)10-23(2)9-15-21-6-7-24(15)11-17(18,19)20/h3-8H,9-11H2,1-2H3,(H,22,26). The topological polar surface area (TPSA) is 67.2 Å². The molecule has 0 aliphatic rings. The Hall–Kier alpha value is -2.68. The summed E-state index contributed by atoms with van der Waals surface area (Å²) in [5, 5.41) is 2.66. The first-order valence-corrected chi connectivity index (χ1v) is 7.80. The molecule has 0 bridgehead atoms. The van der Waals surface area contributed by atoms with Crippen molar-refractivity contribution in [2.45, 2.75) is 26.2 Å². The van der Waals surface area contributed by atoms with Gasteiger partial charge in [0.2, 0.25) is 5.91 Å². The molecule has 1 aromatic heterocycles. The lowest BCUT2D eigenvalue weighted by molar-refractivity contribution is -0.141. The number of Topliss-reactive ketones (excluding diaryl/α,β-unsaturated/α-hetero) is 1. The van der Waals surface area contributed by atoms with Crippen LogP contribution in [0.2, 0.25) is 0 Å². The fourth-order valence-electron chi connectivity index (χ4n) is 2.39. The number of ketones is 1. The Morgan fingerprint density at radius 3 is 2.69 bits per heavy atom. The molecular weight excluding hydrogens is 349 g/mol. The van der Waals surface area contributed by atoms with Crippen LogP contribution < -0.4 is 5.32 Å². The van der Waals surface area contributed by atoms with Gasteiger partial charge in [0.15, 0.2) is 5.78 Å².